The van der Waals surface area contributed by atoms with Gasteiger partial charge in [-0.25, -0.2) is 0 Å². The lowest BCUT2D eigenvalue weighted by Crippen LogP contribution is -2.09. The first-order valence-electron chi connectivity index (χ1n) is 8.23. The van der Waals surface area contributed by atoms with E-state index in [9.17, 15) is 8.42 Å². The summed E-state index contributed by atoms with van der Waals surface area (Å²) in [5, 5.41) is 8.30. The maximum atomic E-state index is 12.3. The Bertz CT molecular complexity index is 1010. The first-order chi connectivity index (χ1) is 12.9. The molecule has 0 fully saturated rings. The molecular formula is C20H19N3O3S. The lowest BCUT2D eigenvalue weighted by atomic mass is 10.3. The number of anilines is 1. The van der Waals surface area contributed by atoms with Crippen LogP contribution >= 0.6 is 0 Å². The summed E-state index contributed by atoms with van der Waals surface area (Å²) in [6, 6.07) is 22.1. The van der Waals surface area contributed by atoms with E-state index in [0.29, 0.717) is 11.4 Å². The summed E-state index contributed by atoms with van der Waals surface area (Å²) in [4.78, 5) is 2.05. The largest absolute Gasteiger partial charge is 0.379 e. The van der Waals surface area contributed by atoms with Gasteiger partial charge in [0, 0.05) is 19.8 Å². The molecule has 0 saturated carbocycles. The number of benzene rings is 3. The molecule has 0 unspecified atom stereocenters. The van der Waals surface area contributed by atoms with E-state index in [1.165, 1.54) is 12.1 Å². The summed E-state index contributed by atoms with van der Waals surface area (Å²) in [7, 11) is 0.0448. The Labute approximate surface area is 158 Å². The van der Waals surface area contributed by atoms with Gasteiger partial charge in [-0.2, -0.15) is 18.6 Å². The molecule has 0 radical (unpaired) electrons. The van der Waals surface area contributed by atoms with Crippen LogP contribution in [0, 0.1) is 0 Å². The Balaban J connectivity index is 1.71. The molecule has 0 bridgehead atoms. The average molecular weight is 381 g/mol. The summed E-state index contributed by atoms with van der Waals surface area (Å²) < 4.78 is 29.7. The Morgan fingerprint density at radius 2 is 1.26 bits per heavy atom. The van der Waals surface area contributed by atoms with Gasteiger partial charge >= 0.3 is 10.1 Å². The van der Waals surface area contributed by atoms with Crippen LogP contribution in [0.3, 0.4) is 0 Å². The van der Waals surface area contributed by atoms with Crippen LogP contribution in [0.25, 0.3) is 0 Å². The molecule has 0 spiro atoms. The van der Waals surface area contributed by atoms with Crippen LogP contribution in [-0.4, -0.2) is 22.5 Å². The molecule has 7 heteroatoms. The molecule has 0 aliphatic heterocycles. The maximum absolute atomic E-state index is 12.3. The summed E-state index contributed by atoms with van der Waals surface area (Å²) >= 11 is 0. The monoisotopic (exact) mass is 381 g/mol. The van der Waals surface area contributed by atoms with Crippen molar-refractivity contribution in [1.29, 1.82) is 0 Å². The lowest BCUT2D eigenvalue weighted by Gasteiger charge is -2.11. The van der Waals surface area contributed by atoms with Gasteiger partial charge in [-0.05, 0) is 60.7 Å². The third-order valence-corrected chi connectivity index (χ3v) is 4.98. The third kappa shape index (κ3) is 4.92. The maximum Gasteiger partial charge on any atom is 0.339 e. The average Bonchev–Trinajstić information content (AvgIpc) is 2.67. The number of azo groups is 1. The quantitative estimate of drug-likeness (QED) is 0.448. The molecule has 6 nitrogen and oxygen atoms in total. The van der Waals surface area contributed by atoms with E-state index in [2.05, 4.69) is 10.2 Å². The van der Waals surface area contributed by atoms with Crippen molar-refractivity contribution in [2.45, 2.75) is 4.90 Å². The zero-order valence-corrected chi connectivity index (χ0v) is 15.8. The van der Waals surface area contributed by atoms with Crippen molar-refractivity contribution in [3.8, 4) is 5.75 Å². The summed E-state index contributed by atoms with van der Waals surface area (Å²) in [6.07, 6.45) is 0. The van der Waals surface area contributed by atoms with E-state index in [1.807, 2.05) is 43.3 Å². The molecule has 0 heterocycles. The van der Waals surface area contributed by atoms with Crippen LogP contribution in [0.15, 0.2) is 94.0 Å². The van der Waals surface area contributed by atoms with E-state index in [4.69, 9.17) is 4.18 Å². The third-order valence-electron chi connectivity index (χ3n) is 3.72. The second-order valence-corrected chi connectivity index (χ2v) is 7.50. The van der Waals surface area contributed by atoms with Gasteiger partial charge < -0.3 is 9.08 Å². The van der Waals surface area contributed by atoms with Crippen molar-refractivity contribution in [1.82, 2.24) is 0 Å². The fraction of sp³-hybridized carbons (Fsp3) is 0.100. The SMILES string of the molecule is CN(C)c1ccc(N=Nc2ccc(S(=O)(=O)Oc3ccccc3)cc2)cc1. The first kappa shape index (κ1) is 18.6. The highest BCUT2D eigenvalue weighted by Gasteiger charge is 2.16. The van der Waals surface area contributed by atoms with Crippen molar-refractivity contribution in [3.05, 3.63) is 78.9 Å². The number of hydrogen-bond acceptors (Lipinski definition) is 6. The standard InChI is InChI=1S/C20H19N3O3S/c1-23(2)18-12-8-16(9-13-18)21-22-17-10-14-20(15-11-17)27(24,25)26-19-6-4-3-5-7-19/h3-15H,1-2H3. The predicted octanol–water partition coefficient (Wildman–Crippen LogP) is 4.94. The highest BCUT2D eigenvalue weighted by molar-refractivity contribution is 7.87. The molecule has 0 N–H and O–H groups in total. The summed E-state index contributed by atoms with van der Waals surface area (Å²) in [6.45, 7) is 0. The number of para-hydroxylation sites is 1. The van der Waals surface area contributed by atoms with Crippen LogP contribution in [-0.2, 0) is 10.1 Å². The van der Waals surface area contributed by atoms with Gasteiger partial charge in [0.05, 0.1) is 11.4 Å². The van der Waals surface area contributed by atoms with Crippen LogP contribution in [0.4, 0.5) is 17.1 Å². The van der Waals surface area contributed by atoms with Gasteiger partial charge in [0.15, 0.2) is 0 Å². The van der Waals surface area contributed by atoms with Crippen molar-refractivity contribution < 1.29 is 12.6 Å². The van der Waals surface area contributed by atoms with Crippen LogP contribution in [0.5, 0.6) is 5.75 Å². The highest BCUT2D eigenvalue weighted by Crippen LogP contribution is 2.23. The van der Waals surface area contributed by atoms with Crippen molar-refractivity contribution in [3.63, 3.8) is 0 Å². The highest BCUT2D eigenvalue weighted by atomic mass is 32.2. The Morgan fingerprint density at radius 3 is 1.78 bits per heavy atom. The van der Waals surface area contributed by atoms with E-state index < -0.39 is 10.1 Å². The molecule has 3 rings (SSSR count). The topological polar surface area (TPSA) is 71.3 Å². The summed E-state index contributed by atoms with van der Waals surface area (Å²) in [5.41, 5.74) is 2.33. The van der Waals surface area contributed by atoms with Gasteiger partial charge in [0.2, 0.25) is 0 Å². The fourth-order valence-electron chi connectivity index (χ4n) is 2.26. The van der Waals surface area contributed by atoms with Gasteiger partial charge in [0.25, 0.3) is 0 Å². The smallest absolute Gasteiger partial charge is 0.339 e. The molecule has 3 aromatic carbocycles. The van der Waals surface area contributed by atoms with Crippen LogP contribution < -0.4 is 9.08 Å². The molecular weight excluding hydrogens is 362 g/mol. The molecule has 0 saturated heterocycles. The van der Waals surface area contributed by atoms with Gasteiger partial charge in [-0.15, -0.1) is 0 Å². The Kier molecular flexibility index (Phi) is 5.52. The normalized spacial score (nSPS) is 11.5. The minimum Gasteiger partial charge on any atom is -0.379 e. The summed E-state index contributed by atoms with van der Waals surface area (Å²) in [5.74, 6) is 0.266. The van der Waals surface area contributed by atoms with E-state index >= 15 is 0 Å². The fourth-order valence-corrected chi connectivity index (χ4v) is 3.19. The number of rotatable bonds is 6. The second-order valence-electron chi connectivity index (χ2n) is 5.96. The molecule has 0 aromatic heterocycles. The molecule has 138 valence electrons. The van der Waals surface area contributed by atoms with E-state index in [0.717, 1.165) is 5.69 Å². The zero-order valence-electron chi connectivity index (χ0n) is 15.0. The van der Waals surface area contributed by atoms with Gasteiger partial charge in [-0.1, -0.05) is 18.2 Å². The molecule has 0 atom stereocenters. The second kappa shape index (κ2) is 8.01. The van der Waals surface area contributed by atoms with E-state index in [-0.39, 0.29) is 10.6 Å². The van der Waals surface area contributed by atoms with Gasteiger partial charge in [0.1, 0.15) is 10.6 Å². The molecule has 0 aliphatic carbocycles. The minimum atomic E-state index is -3.89. The lowest BCUT2D eigenvalue weighted by molar-refractivity contribution is 0.486. The van der Waals surface area contributed by atoms with Crippen LogP contribution in [0.1, 0.15) is 0 Å². The predicted molar refractivity (Wildman–Crippen MR) is 106 cm³/mol. The van der Waals surface area contributed by atoms with Gasteiger partial charge in [-0.3, -0.25) is 0 Å². The zero-order chi connectivity index (χ0) is 19.3. The Hall–Kier alpha value is -3.19. The Morgan fingerprint density at radius 1 is 0.741 bits per heavy atom. The van der Waals surface area contributed by atoms with Crippen molar-refractivity contribution in [2.75, 3.05) is 19.0 Å². The van der Waals surface area contributed by atoms with Crippen LogP contribution in [0.2, 0.25) is 0 Å². The first-order valence-corrected chi connectivity index (χ1v) is 9.64. The molecule has 27 heavy (non-hydrogen) atoms. The number of nitrogens with zero attached hydrogens (tertiary/aromatic N) is 3. The van der Waals surface area contributed by atoms with E-state index in [1.54, 1.807) is 42.5 Å². The van der Waals surface area contributed by atoms with Crippen molar-refractivity contribution >= 4 is 27.2 Å². The minimum absolute atomic E-state index is 0.0561. The number of hydrogen-bond donors (Lipinski definition) is 0. The molecule has 0 aliphatic rings. The molecule has 3 aromatic rings. The van der Waals surface area contributed by atoms with Crippen molar-refractivity contribution in [2.24, 2.45) is 10.2 Å². The molecule has 0 amide bonds.